The summed E-state index contributed by atoms with van der Waals surface area (Å²) in [6.45, 7) is 8.76. The van der Waals surface area contributed by atoms with Crippen LogP contribution in [-0.2, 0) is 14.3 Å². The summed E-state index contributed by atoms with van der Waals surface area (Å²) in [5, 5.41) is 0. The van der Waals surface area contributed by atoms with Crippen molar-refractivity contribution in [2.24, 2.45) is 17.8 Å². The van der Waals surface area contributed by atoms with Gasteiger partial charge in [0.1, 0.15) is 0 Å². The average molecular weight is 269 g/mol. The van der Waals surface area contributed by atoms with E-state index in [-0.39, 0.29) is 5.97 Å². The molecule has 0 spiro atoms. The van der Waals surface area contributed by atoms with Crippen LogP contribution in [0.15, 0.2) is 0 Å². The maximum atomic E-state index is 11.8. The van der Waals surface area contributed by atoms with E-state index in [9.17, 15) is 4.79 Å². The molecule has 1 heterocycles. The third-order valence-electron chi connectivity index (χ3n) is 4.52. The van der Waals surface area contributed by atoms with Crippen molar-refractivity contribution >= 4 is 5.97 Å². The Bertz CT molecular complexity index is 289. The molecule has 0 bridgehead atoms. The lowest BCUT2D eigenvalue weighted by molar-refractivity contribution is -0.148. The van der Waals surface area contributed by atoms with Gasteiger partial charge in [0, 0.05) is 13.1 Å². The quantitative estimate of drug-likeness (QED) is 0.731. The van der Waals surface area contributed by atoms with Gasteiger partial charge in [0.2, 0.25) is 0 Å². The molecule has 110 valence electrons. The van der Waals surface area contributed by atoms with Gasteiger partial charge >= 0.3 is 5.97 Å². The highest BCUT2D eigenvalue weighted by Gasteiger charge is 2.26. The van der Waals surface area contributed by atoms with Crippen LogP contribution >= 0.6 is 0 Å². The predicted octanol–water partition coefficient (Wildman–Crippen LogP) is 1.93. The van der Waals surface area contributed by atoms with E-state index in [2.05, 4.69) is 18.7 Å². The van der Waals surface area contributed by atoms with Crippen LogP contribution in [0.3, 0.4) is 0 Å². The van der Waals surface area contributed by atoms with Crippen molar-refractivity contribution in [2.45, 2.75) is 33.1 Å². The van der Waals surface area contributed by atoms with E-state index in [4.69, 9.17) is 9.47 Å². The molecule has 0 radical (unpaired) electrons. The summed E-state index contributed by atoms with van der Waals surface area (Å²) in [6, 6.07) is 0. The van der Waals surface area contributed by atoms with Crippen molar-refractivity contribution in [3.63, 3.8) is 0 Å². The molecule has 1 aliphatic carbocycles. The van der Waals surface area contributed by atoms with Crippen molar-refractivity contribution in [3.8, 4) is 0 Å². The monoisotopic (exact) mass is 269 g/mol. The van der Waals surface area contributed by atoms with Gasteiger partial charge in [-0.05, 0) is 30.6 Å². The van der Waals surface area contributed by atoms with Crippen molar-refractivity contribution in [2.75, 3.05) is 39.5 Å². The van der Waals surface area contributed by atoms with Crippen LogP contribution in [0.2, 0.25) is 0 Å². The number of esters is 1. The van der Waals surface area contributed by atoms with E-state index in [0.717, 1.165) is 32.2 Å². The van der Waals surface area contributed by atoms with Gasteiger partial charge in [-0.3, -0.25) is 9.69 Å². The zero-order valence-electron chi connectivity index (χ0n) is 12.3. The number of ether oxygens (including phenoxy) is 2. The Labute approximate surface area is 116 Å². The Balaban J connectivity index is 1.65. The van der Waals surface area contributed by atoms with Crippen molar-refractivity contribution in [1.29, 1.82) is 0 Å². The zero-order valence-corrected chi connectivity index (χ0v) is 12.3. The SMILES string of the molecule is C[C@@H]1CC[C@H](COC(=O)CN2CCOCC2)[C@H](C)C1. The topological polar surface area (TPSA) is 38.8 Å². The Morgan fingerprint density at radius 3 is 2.68 bits per heavy atom. The summed E-state index contributed by atoms with van der Waals surface area (Å²) in [7, 11) is 0. The molecule has 2 aliphatic rings. The minimum atomic E-state index is -0.0762. The van der Waals surface area contributed by atoms with Crippen LogP contribution in [0.4, 0.5) is 0 Å². The molecule has 2 fully saturated rings. The maximum Gasteiger partial charge on any atom is 0.320 e. The highest BCUT2D eigenvalue weighted by molar-refractivity contribution is 5.71. The highest BCUT2D eigenvalue weighted by atomic mass is 16.5. The molecule has 4 heteroatoms. The summed E-state index contributed by atoms with van der Waals surface area (Å²) in [5.41, 5.74) is 0. The standard InChI is InChI=1S/C15H27NO3/c1-12-3-4-14(13(2)9-12)11-19-15(17)10-16-5-7-18-8-6-16/h12-14H,3-11H2,1-2H3/t12-,13-,14-/m1/s1. The Hall–Kier alpha value is -0.610. The molecule has 1 aliphatic heterocycles. The fourth-order valence-electron chi connectivity index (χ4n) is 3.16. The normalized spacial score (nSPS) is 33.1. The first-order chi connectivity index (χ1) is 9.15. The first kappa shape index (κ1) is 14.8. The molecular formula is C15H27NO3. The third kappa shape index (κ3) is 4.77. The second-order valence-corrected chi connectivity index (χ2v) is 6.23. The smallest absolute Gasteiger partial charge is 0.320 e. The summed E-state index contributed by atoms with van der Waals surface area (Å²) in [4.78, 5) is 13.9. The molecule has 4 nitrogen and oxygen atoms in total. The molecule has 0 aromatic carbocycles. The van der Waals surface area contributed by atoms with Gasteiger partial charge in [-0.15, -0.1) is 0 Å². The molecule has 2 rings (SSSR count). The minimum absolute atomic E-state index is 0.0762. The first-order valence-electron chi connectivity index (χ1n) is 7.61. The maximum absolute atomic E-state index is 11.8. The van der Waals surface area contributed by atoms with Gasteiger partial charge in [-0.1, -0.05) is 20.3 Å². The van der Waals surface area contributed by atoms with Crippen LogP contribution in [-0.4, -0.2) is 50.3 Å². The Morgan fingerprint density at radius 2 is 2.00 bits per heavy atom. The first-order valence-corrected chi connectivity index (χ1v) is 7.61. The molecule has 3 atom stereocenters. The van der Waals surface area contributed by atoms with E-state index in [1.807, 2.05) is 0 Å². The van der Waals surface area contributed by atoms with Gasteiger partial charge in [0.25, 0.3) is 0 Å². The lowest BCUT2D eigenvalue weighted by atomic mass is 9.76. The second-order valence-electron chi connectivity index (χ2n) is 6.23. The largest absolute Gasteiger partial charge is 0.464 e. The predicted molar refractivity (Wildman–Crippen MR) is 73.9 cm³/mol. The number of morpholine rings is 1. The van der Waals surface area contributed by atoms with E-state index in [0.29, 0.717) is 25.0 Å². The summed E-state index contributed by atoms with van der Waals surface area (Å²) >= 11 is 0. The molecule has 19 heavy (non-hydrogen) atoms. The van der Waals surface area contributed by atoms with Gasteiger partial charge in [0.05, 0.1) is 26.4 Å². The van der Waals surface area contributed by atoms with Crippen molar-refractivity contribution < 1.29 is 14.3 Å². The minimum Gasteiger partial charge on any atom is -0.464 e. The van der Waals surface area contributed by atoms with Gasteiger partial charge in [0.15, 0.2) is 0 Å². The van der Waals surface area contributed by atoms with Gasteiger partial charge in [-0.25, -0.2) is 0 Å². The molecule has 1 saturated carbocycles. The molecule has 0 unspecified atom stereocenters. The lowest BCUT2D eigenvalue weighted by Crippen LogP contribution is -2.40. The van der Waals surface area contributed by atoms with Crippen LogP contribution < -0.4 is 0 Å². The Kier molecular flexibility index (Phi) is 5.64. The fourth-order valence-corrected chi connectivity index (χ4v) is 3.16. The second kappa shape index (κ2) is 7.25. The van der Waals surface area contributed by atoms with E-state index in [1.54, 1.807) is 0 Å². The van der Waals surface area contributed by atoms with Gasteiger partial charge in [-0.2, -0.15) is 0 Å². The molecule has 0 aromatic heterocycles. The summed E-state index contributed by atoms with van der Waals surface area (Å²) < 4.78 is 10.7. The fraction of sp³-hybridized carbons (Fsp3) is 0.933. The molecule has 0 aromatic rings. The summed E-state index contributed by atoms with van der Waals surface area (Å²) in [6.07, 6.45) is 3.74. The van der Waals surface area contributed by atoms with E-state index < -0.39 is 0 Å². The Morgan fingerprint density at radius 1 is 1.26 bits per heavy atom. The van der Waals surface area contributed by atoms with Gasteiger partial charge < -0.3 is 9.47 Å². The van der Waals surface area contributed by atoms with Crippen LogP contribution in [0.5, 0.6) is 0 Å². The van der Waals surface area contributed by atoms with Crippen molar-refractivity contribution in [1.82, 2.24) is 4.90 Å². The van der Waals surface area contributed by atoms with Crippen LogP contribution in [0.25, 0.3) is 0 Å². The van der Waals surface area contributed by atoms with Crippen LogP contribution in [0, 0.1) is 17.8 Å². The number of carbonyl (C=O) groups is 1. The molecule has 0 N–H and O–H groups in total. The van der Waals surface area contributed by atoms with E-state index >= 15 is 0 Å². The summed E-state index contributed by atoms with van der Waals surface area (Å²) in [5.74, 6) is 1.99. The molecular weight excluding hydrogens is 242 g/mol. The number of hydrogen-bond donors (Lipinski definition) is 0. The highest BCUT2D eigenvalue weighted by Crippen LogP contribution is 2.33. The van der Waals surface area contributed by atoms with Crippen LogP contribution in [0.1, 0.15) is 33.1 Å². The van der Waals surface area contributed by atoms with Crippen molar-refractivity contribution in [3.05, 3.63) is 0 Å². The van der Waals surface area contributed by atoms with E-state index in [1.165, 1.54) is 19.3 Å². The number of rotatable bonds is 4. The number of nitrogens with zero attached hydrogens (tertiary/aromatic N) is 1. The number of carbonyl (C=O) groups excluding carboxylic acids is 1. The average Bonchev–Trinajstić information content (AvgIpc) is 2.39. The third-order valence-corrected chi connectivity index (χ3v) is 4.52. The zero-order chi connectivity index (χ0) is 13.7. The molecule has 0 amide bonds. The molecule has 1 saturated heterocycles. The lowest BCUT2D eigenvalue weighted by Gasteiger charge is -2.32. The number of hydrogen-bond acceptors (Lipinski definition) is 4.